The monoisotopic (exact) mass is 282 g/mol. The predicted molar refractivity (Wildman–Crippen MR) is 72.6 cm³/mol. The van der Waals surface area contributed by atoms with Crippen LogP contribution >= 0.6 is 22.7 Å². The number of hydrogen-bond acceptors (Lipinski definition) is 6. The minimum absolute atomic E-state index is 0.105. The van der Waals surface area contributed by atoms with Crippen molar-refractivity contribution in [2.24, 2.45) is 5.73 Å². The first-order valence-electron chi connectivity index (χ1n) is 5.41. The molecule has 0 fully saturated rings. The van der Waals surface area contributed by atoms with Crippen LogP contribution < -0.4 is 5.73 Å². The van der Waals surface area contributed by atoms with Crippen molar-refractivity contribution in [3.63, 3.8) is 0 Å². The Balaban J connectivity index is 2.05. The largest absolute Gasteiger partial charge is 0.334 e. The number of thiazole rings is 2. The topological polar surface area (TPSA) is 72.1 Å². The van der Waals surface area contributed by atoms with Crippen molar-refractivity contribution in [3.05, 3.63) is 32.7 Å². The Morgan fingerprint density at radius 1 is 1.56 bits per heavy atom. The lowest BCUT2D eigenvalue weighted by Crippen LogP contribution is -2.26. The van der Waals surface area contributed by atoms with Crippen molar-refractivity contribution < 1.29 is 4.79 Å². The number of carbonyl (C=O) groups excluding carboxylic acids is 1. The average Bonchev–Trinajstić information content (AvgIpc) is 2.98. The van der Waals surface area contributed by atoms with Crippen LogP contribution in [-0.2, 0) is 6.54 Å². The third-order valence-electron chi connectivity index (χ3n) is 2.36. The molecule has 0 aliphatic heterocycles. The van der Waals surface area contributed by atoms with Gasteiger partial charge in [-0.3, -0.25) is 4.79 Å². The summed E-state index contributed by atoms with van der Waals surface area (Å²) in [6.45, 7) is 2.35. The molecule has 2 aromatic rings. The minimum Gasteiger partial charge on any atom is -0.334 e. The zero-order valence-corrected chi connectivity index (χ0v) is 11.8. The highest BCUT2D eigenvalue weighted by atomic mass is 32.1. The number of nitrogens with two attached hydrogens (primary N) is 1. The van der Waals surface area contributed by atoms with E-state index in [1.807, 2.05) is 12.3 Å². The molecule has 2 heterocycles. The smallest absolute Gasteiger partial charge is 0.273 e. The van der Waals surface area contributed by atoms with Gasteiger partial charge in [-0.15, -0.1) is 22.7 Å². The molecule has 0 radical (unpaired) electrons. The highest BCUT2D eigenvalue weighted by Crippen LogP contribution is 2.17. The molecule has 0 saturated carbocycles. The van der Waals surface area contributed by atoms with E-state index in [4.69, 9.17) is 5.73 Å². The Labute approximate surface area is 113 Å². The van der Waals surface area contributed by atoms with Gasteiger partial charge in [0.2, 0.25) is 0 Å². The zero-order valence-electron chi connectivity index (χ0n) is 10.2. The van der Waals surface area contributed by atoms with Crippen molar-refractivity contribution in [1.29, 1.82) is 0 Å². The van der Waals surface area contributed by atoms with E-state index in [1.165, 1.54) is 22.7 Å². The first kappa shape index (κ1) is 13.1. The van der Waals surface area contributed by atoms with Gasteiger partial charge in [0.25, 0.3) is 5.91 Å². The number of hydrogen-bond donors (Lipinski definition) is 1. The van der Waals surface area contributed by atoms with Gasteiger partial charge in [0.15, 0.2) is 0 Å². The zero-order chi connectivity index (χ0) is 13.1. The van der Waals surface area contributed by atoms with Gasteiger partial charge in [0.1, 0.15) is 10.7 Å². The van der Waals surface area contributed by atoms with Crippen molar-refractivity contribution in [2.45, 2.75) is 19.5 Å². The molecular weight excluding hydrogens is 268 g/mol. The second kappa shape index (κ2) is 5.55. The van der Waals surface area contributed by atoms with Gasteiger partial charge in [-0.1, -0.05) is 0 Å². The molecule has 18 heavy (non-hydrogen) atoms. The maximum absolute atomic E-state index is 12.1. The van der Waals surface area contributed by atoms with Gasteiger partial charge in [-0.05, 0) is 6.92 Å². The molecule has 1 atom stereocenters. The number of carbonyl (C=O) groups is 1. The van der Waals surface area contributed by atoms with E-state index in [0.29, 0.717) is 12.2 Å². The summed E-state index contributed by atoms with van der Waals surface area (Å²) < 4.78 is 0. The quantitative estimate of drug-likeness (QED) is 0.929. The summed E-state index contributed by atoms with van der Waals surface area (Å²) in [5.74, 6) is -0.105. The Kier molecular flexibility index (Phi) is 4.05. The molecule has 5 nitrogen and oxygen atoms in total. The highest BCUT2D eigenvalue weighted by molar-refractivity contribution is 7.09. The van der Waals surface area contributed by atoms with Crippen LogP contribution in [0.3, 0.4) is 0 Å². The summed E-state index contributed by atoms with van der Waals surface area (Å²) in [6, 6.07) is -0.139. The molecule has 2 N–H and O–H groups in total. The van der Waals surface area contributed by atoms with Gasteiger partial charge in [0.05, 0.1) is 23.8 Å². The summed E-state index contributed by atoms with van der Waals surface area (Å²) >= 11 is 2.93. The Bertz CT molecular complexity index is 521. The van der Waals surface area contributed by atoms with Crippen molar-refractivity contribution in [1.82, 2.24) is 14.9 Å². The summed E-state index contributed by atoms with van der Waals surface area (Å²) in [7, 11) is 1.74. The molecule has 2 rings (SSSR count). The van der Waals surface area contributed by atoms with Gasteiger partial charge < -0.3 is 10.6 Å². The van der Waals surface area contributed by atoms with E-state index in [-0.39, 0.29) is 11.9 Å². The third kappa shape index (κ3) is 2.92. The van der Waals surface area contributed by atoms with Crippen LogP contribution in [-0.4, -0.2) is 27.8 Å². The summed E-state index contributed by atoms with van der Waals surface area (Å²) in [5, 5.41) is 4.46. The first-order valence-corrected chi connectivity index (χ1v) is 7.23. The van der Waals surface area contributed by atoms with Crippen LogP contribution in [0, 0.1) is 0 Å². The van der Waals surface area contributed by atoms with Crippen LogP contribution in [0.4, 0.5) is 0 Å². The molecule has 7 heteroatoms. The van der Waals surface area contributed by atoms with E-state index in [9.17, 15) is 4.79 Å². The average molecular weight is 282 g/mol. The molecule has 0 saturated heterocycles. The normalized spacial score (nSPS) is 12.4. The minimum atomic E-state index is -0.139. The van der Waals surface area contributed by atoms with E-state index in [2.05, 4.69) is 9.97 Å². The Morgan fingerprint density at radius 2 is 2.33 bits per heavy atom. The first-order chi connectivity index (χ1) is 8.58. The molecule has 1 unspecified atom stereocenters. The molecule has 0 spiro atoms. The van der Waals surface area contributed by atoms with Crippen molar-refractivity contribution >= 4 is 28.6 Å². The number of aromatic nitrogens is 2. The molecule has 0 bridgehead atoms. The molecule has 0 aromatic carbocycles. The van der Waals surface area contributed by atoms with Crippen molar-refractivity contribution in [3.8, 4) is 0 Å². The molecule has 0 aliphatic rings. The van der Waals surface area contributed by atoms with Crippen LogP contribution in [0.15, 0.2) is 16.3 Å². The summed E-state index contributed by atoms with van der Waals surface area (Å²) in [6.07, 6.45) is 0. The molecular formula is C11H14N4OS2. The lowest BCUT2D eigenvalue weighted by Gasteiger charge is -2.14. The molecule has 0 aliphatic carbocycles. The Hall–Kier alpha value is -1.31. The third-order valence-corrected chi connectivity index (χ3v) is 4.04. The lowest BCUT2D eigenvalue weighted by molar-refractivity contribution is 0.0778. The van der Waals surface area contributed by atoms with E-state index >= 15 is 0 Å². The van der Waals surface area contributed by atoms with E-state index in [1.54, 1.807) is 22.8 Å². The molecule has 96 valence electrons. The van der Waals surface area contributed by atoms with Gasteiger partial charge in [-0.25, -0.2) is 9.97 Å². The van der Waals surface area contributed by atoms with Crippen LogP contribution in [0.5, 0.6) is 0 Å². The fourth-order valence-electron chi connectivity index (χ4n) is 1.42. The fraction of sp³-hybridized carbons (Fsp3) is 0.364. The van der Waals surface area contributed by atoms with E-state index < -0.39 is 0 Å². The predicted octanol–water partition coefficient (Wildman–Crippen LogP) is 1.89. The standard InChI is InChI=1S/C11H14N4OS2/c1-7(12)10-14-9(5-18-10)11(16)15(2)3-8-4-17-6-13-8/h4-7H,3,12H2,1-2H3. The lowest BCUT2D eigenvalue weighted by atomic mass is 10.3. The van der Waals surface area contributed by atoms with Crippen LogP contribution in [0.25, 0.3) is 0 Å². The highest BCUT2D eigenvalue weighted by Gasteiger charge is 2.17. The van der Waals surface area contributed by atoms with Crippen LogP contribution in [0.1, 0.15) is 34.2 Å². The fourth-order valence-corrected chi connectivity index (χ4v) is 2.72. The van der Waals surface area contributed by atoms with Gasteiger partial charge in [-0.2, -0.15) is 0 Å². The maximum atomic E-state index is 12.1. The number of amides is 1. The van der Waals surface area contributed by atoms with Gasteiger partial charge >= 0.3 is 0 Å². The summed E-state index contributed by atoms with van der Waals surface area (Å²) in [4.78, 5) is 22.1. The summed E-state index contributed by atoms with van der Waals surface area (Å²) in [5.41, 5.74) is 8.82. The van der Waals surface area contributed by atoms with Crippen LogP contribution in [0.2, 0.25) is 0 Å². The Morgan fingerprint density at radius 3 is 2.89 bits per heavy atom. The SMILES string of the molecule is CC(N)c1nc(C(=O)N(C)Cc2cscn2)cs1. The molecule has 2 aromatic heterocycles. The second-order valence-electron chi connectivity index (χ2n) is 4.00. The van der Waals surface area contributed by atoms with Crippen molar-refractivity contribution in [2.75, 3.05) is 7.05 Å². The second-order valence-corrected chi connectivity index (χ2v) is 5.61. The van der Waals surface area contributed by atoms with Gasteiger partial charge in [0, 0.05) is 17.8 Å². The number of nitrogens with zero attached hydrogens (tertiary/aromatic N) is 3. The number of rotatable bonds is 4. The molecule has 1 amide bonds. The van der Waals surface area contributed by atoms with E-state index in [0.717, 1.165) is 10.7 Å². The maximum Gasteiger partial charge on any atom is 0.273 e.